The van der Waals surface area contributed by atoms with Gasteiger partial charge in [-0.1, -0.05) is 48.5 Å². The Morgan fingerprint density at radius 2 is 1.61 bits per heavy atom. The molecule has 0 saturated carbocycles. The van der Waals surface area contributed by atoms with Crippen molar-refractivity contribution in [3.8, 4) is 5.75 Å². The number of esters is 1. The van der Waals surface area contributed by atoms with Gasteiger partial charge in [0.15, 0.2) is 6.61 Å². The standard InChI is InChI=1S/C18H19NO4/c1-22-18(21)12-16(14-8-4-2-5-9-14)19-17(20)13-23-15-10-6-3-7-11-15/h2-11,16H,12-13H2,1H3,(H,19,20)/t16-/m1/s1. The zero-order valence-electron chi connectivity index (χ0n) is 12.9. The Hall–Kier alpha value is -2.82. The molecule has 1 atom stereocenters. The molecule has 0 aromatic heterocycles. The van der Waals surface area contributed by atoms with E-state index < -0.39 is 6.04 Å². The van der Waals surface area contributed by atoms with E-state index in [1.807, 2.05) is 48.5 Å². The second-order valence-corrected chi connectivity index (χ2v) is 4.91. The number of ether oxygens (including phenoxy) is 2. The van der Waals surface area contributed by atoms with Gasteiger partial charge in [0.1, 0.15) is 5.75 Å². The van der Waals surface area contributed by atoms with Crippen molar-refractivity contribution in [2.24, 2.45) is 0 Å². The number of nitrogens with one attached hydrogen (secondary N) is 1. The molecule has 5 heteroatoms. The molecule has 1 amide bonds. The average molecular weight is 313 g/mol. The van der Waals surface area contributed by atoms with E-state index in [-0.39, 0.29) is 24.9 Å². The second kappa shape index (κ2) is 8.58. The van der Waals surface area contributed by atoms with Crippen LogP contribution in [0.15, 0.2) is 60.7 Å². The van der Waals surface area contributed by atoms with Gasteiger partial charge in [0, 0.05) is 0 Å². The Bertz CT molecular complexity index is 628. The predicted octanol–water partition coefficient (Wildman–Crippen LogP) is 2.49. The maximum Gasteiger partial charge on any atom is 0.307 e. The third-order valence-corrected chi connectivity index (χ3v) is 3.25. The van der Waals surface area contributed by atoms with E-state index in [4.69, 9.17) is 9.47 Å². The zero-order valence-corrected chi connectivity index (χ0v) is 12.9. The highest BCUT2D eigenvalue weighted by Crippen LogP contribution is 2.17. The first-order valence-corrected chi connectivity index (χ1v) is 7.28. The Kier molecular flexibility index (Phi) is 6.17. The smallest absolute Gasteiger partial charge is 0.307 e. The van der Waals surface area contributed by atoms with Crippen LogP contribution in [-0.4, -0.2) is 25.6 Å². The quantitative estimate of drug-likeness (QED) is 0.798. The fourth-order valence-corrected chi connectivity index (χ4v) is 2.09. The van der Waals surface area contributed by atoms with Crippen molar-refractivity contribution < 1.29 is 19.1 Å². The van der Waals surface area contributed by atoms with Gasteiger partial charge in [-0.2, -0.15) is 0 Å². The Labute approximate surface area is 135 Å². The number of methoxy groups -OCH3 is 1. The molecular formula is C18H19NO4. The molecule has 0 aliphatic carbocycles. The first kappa shape index (κ1) is 16.5. The summed E-state index contributed by atoms with van der Waals surface area (Å²) in [5.41, 5.74) is 0.839. The van der Waals surface area contributed by atoms with Crippen molar-refractivity contribution in [3.63, 3.8) is 0 Å². The summed E-state index contributed by atoms with van der Waals surface area (Å²) >= 11 is 0. The summed E-state index contributed by atoms with van der Waals surface area (Å²) in [5.74, 6) is -0.0679. The van der Waals surface area contributed by atoms with Gasteiger partial charge < -0.3 is 14.8 Å². The summed E-state index contributed by atoms with van der Waals surface area (Å²) in [4.78, 5) is 23.6. The van der Waals surface area contributed by atoms with Gasteiger partial charge >= 0.3 is 5.97 Å². The van der Waals surface area contributed by atoms with Crippen LogP contribution in [0.4, 0.5) is 0 Å². The highest BCUT2D eigenvalue weighted by molar-refractivity contribution is 5.79. The first-order chi connectivity index (χ1) is 11.2. The predicted molar refractivity (Wildman–Crippen MR) is 85.9 cm³/mol. The van der Waals surface area contributed by atoms with Gasteiger partial charge in [0.2, 0.25) is 0 Å². The molecule has 0 aliphatic rings. The molecule has 2 rings (SSSR count). The minimum Gasteiger partial charge on any atom is -0.484 e. The lowest BCUT2D eigenvalue weighted by atomic mass is 10.0. The van der Waals surface area contributed by atoms with Crippen LogP contribution in [0.25, 0.3) is 0 Å². The normalized spacial score (nSPS) is 11.3. The van der Waals surface area contributed by atoms with E-state index >= 15 is 0 Å². The van der Waals surface area contributed by atoms with Crippen molar-refractivity contribution in [3.05, 3.63) is 66.2 Å². The molecule has 0 spiro atoms. The number of carbonyl (C=O) groups is 2. The molecule has 0 unspecified atom stereocenters. The molecule has 0 heterocycles. The van der Waals surface area contributed by atoms with Gasteiger partial charge in [-0.25, -0.2) is 0 Å². The lowest BCUT2D eigenvalue weighted by Crippen LogP contribution is -2.34. The molecule has 23 heavy (non-hydrogen) atoms. The third kappa shape index (κ3) is 5.47. The molecule has 0 saturated heterocycles. The molecule has 2 aromatic rings. The second-order valence-electron chi connectivity index (χ2n) is 4.91. The van der Waals surface area contributed by atoms with Crippen molar-refractivity contribution in [1.29, 1.82) is 0 Å². The molecule has 0 fully saturated rings. The maximum atomic E-state index is 12.1. The number of carbonyl (C=O) groups excluding carboxylic acids is 2. The highest BCUT2D eigenvalue weighted by Gasteiger charge is 2.18. The molecule has 0 aliphatic heterocycles. The molecule has 5 nitrogen and oxygen atoms in total. The summed E-state index contributed by atoms with van der Waals surface area (Å²) in [6.07, 6.45) is 0.0671. The summed E-state index contributed by atoms with van der Waals surface area (Å²) in [7, 11) is 1.32. The van der Waals surface area contributed by atoms with Crippen LogP contribution in [0, 0.1) is 0 Å². The summed E-state index contributed by atoms with van der Waals surface area (Å²) in [6, 6.07) is 17.9. The van der Waals surface area contributed by atoms with Crippen LogP contribution in [0.1, 0.15) is 18.0 Å². The molecule has 0 bridgehead atoms. The number of rotatable bonds is 7. The number of amides is 1. The van der Waals surface area contributed by atoms with Crippen LogP contribution in [0.3, 0.4) is 0 Å². The van der Waals surface area contributed by atoms with E-state index in [0.717, 1.165) is 5.56 Å². The number of benzene rings is 2. The maximum absolute atomic E-state index is 12.1. The van der Waals surface area contributed by atoms with Crippen molar-refractivity contribution in [2.75, 3.05) is 13.7 Å². The van der Waals surface area contributed by atoms with Crippen LogP contribution >= 0.6 is 0 Å². The molecule has 2 aromatic carbocycles. The van der Waals surface area contributed by atoms with Gasteiger partial charge in [-0.15, -0.1) is 0 Å². The Balaban J connectivity index is 1.96. The van der Waals surface area contributed by atoms with Crippen molar-refractivity contribution >= 4 is 11.9 Å². The lowest BCUT2D eigenvalue weighted by Gasteiger charge is -2.18. The van der Waals surface area contributed by atoms with E-state index in [9.17, 15) is 9.59 Å². The number of hydrogen-bond donors (Lipinski definition) is 1. The molecule has 1 N–H and O–H groups in total. The average Bonchev–Trinajstić information content (AvgIpc) is 2.61. The van der Waals surface area contributed by atoms with Crippen LogP contribution in [0.2, 0.25) is 0 Å². The largest absolute Gasteiger partial charge is 0.484 e. The minimum absolute atomic E-state index is 0.0671. The first-order valence-electron chi connectivity index (χ1n) is 7.28. The fraction of sp³-hybridized carbons (Fsp3) is 0.222. The van der Waals surface area contributed by atoms with Crippen molar-refractivity contribution in [1.82, 2.24) is 5.32 Å². The van der Waals surface area contributed by atoms with Gasteiger partial charge in [0.05, 0.1) is 19.6 Å². The number of hydrogen-bond acceptors (Lipinski definition) is 4. The van der Waals surface area contributed by atoms with Crippen molar-refractivity contribution in [2.45, 2.75) is 12.5 Å². The molecular weight excluding hydrogens is 294 g/mol. The van der Waals surface area contributed by atoms with Crippen LogP contribution in [0.5, 0.6) is 5.75 Å². The SMILES string of the molecule is COC(=O)C[C@@H](NC(=O)COc1ccccc1)c1ccccc1. The highest BCUT2D eigenvalue weighted by atomic mass is 16.5. The Morgan fingerprint density at radius 3 is 2.22 bits per heavy atom. The van der Waals surface area contributed by atoms with E-state index in [0.29, 0.717) is 5.75 Å². The Morgan fingerprint density at radius 1 is 1.00 bits per heavy atom. The fourth-order valence-electron chi connectivity index (χ4n) is 2.09. The van der Waals surface area contributed by atoms with Gasteiger partial charge in [-0.3, -0.25) is 9.59 Å². The summed E-state index contributed by atoms with van der Waals surface area (Å²) in [6.45, 7) is -0.117. The summed E-state index contributed by atoms with van der Waals surface area (Å²) in [5, 5.41) is 2.80. The van der Waals surface area contributed by atoms with Gasteiger partial charge in [0.25, 0.3) is 5.91 Å². The topological polar surface area (TPSA) is 64.6 Å². The number of para-hydroxylation sites is 1. The van der Waals surface area contributed by atoms with Crippen LogP contribution < -0.4 is 10.1 Å². The molecule has 120 valence electrons. The van der Waals surface area contributed by atoms with Gasteiger partial charge in [-0.05, 0) is 17.7 Å². The summed E-state index contributed by atoms with van der Waals surface area (Å²) < 4.78 is 10.1. The molecule has 0 radical (unpaired) electrons. The zero-order chi connectivity index (χ0) is 16.5. The van der Waals surface area contributed by atoms with E-state index in [2.05, 4.69) is 5.32 Å². The van der Waals surface area contributed by atoms with E-state index in [1.165, 1.54) is 7.11 Å². The van der Waals surface area contributed by atoms with Crippen LogP contribution in [-0.2, 0) is 14.3 Å². The third-order valence-electron chi connectivity index (χ3n) is 3.25. The minimum atomic E-state index is -0.449. The van der Waals surface area contributed by atoms with E-state index in [1.54, 1.807) is 12.1 Å². The lowest BCUT2D eigenvalue weighted by molar-refractivity contribution is -0.141. The monoisotopic (exact) mass is 313 g/mol.